The molecule has 1 aliphatic rings. The van der Waals surface area contributed by atoms with Gasteiger partial charge in [0.05, 0.1) is 12.4 Å². The highest BCUT2D eigenvalue weighted by Gasteiger charge is 2.12. The summed E-state index contributed by atoms with van der Waals surface area (Å²) in [6.07, 6.45) is 24.3. The van der Waals surface area contributed by atoms with Gasteiger partial charge in [-0.15, -0.1) is 0 Å². The molecule has 3 nitrogen and oxygen atoms in total. The van der Waals surface area contributed by atoms with Crippen LogP contribution in [-0.2, 0) is 0 Å². The Bertz CT molecular complexity index is 336. The molecule has 0 saturated carbocycles. The van der Waals surface area contributed by atoms with Crippen molar-refractivity contribution in [2.75, 3.05) is 19.6 Å². The van der Waals surface area contributed by atoms with Gasteiger partial charge in [-0.05, 0) is 12.8 Å². The van der Waals surface area contributed by atoms with E-state index >= 15 is 0 Å². The third kappa shape index (κ3) is 13.1. The maximum absolute atomic E-state index is 4.53. The minimum atomic E-state index is 0. The highest BCUT2D eigenvalue weighted by molar-refractivity contribution is 5.83. The zero-order valence-corrected chi connectivity index (χ0v) is 17.3. The monoisotopic (exact) mass is 351 g/mol. The van der Waals surface area contributed by atoms with E-state index in [1.807, 2.05) is 0 Å². The molecule has 3 N–H and O–H groups in total. The van der Waals surface area contributed by atoms with Gasteiger partial charge in [0.2, 0.25) is 0 Å². The fraction of sp³-hybridized carbons (Fsp3) is 0.864. The summed E-state index contributed by atoms with van der Waals surface area (Å²) in [5.41, 5.74) is 0. The van der Waals surface area contributed by atoms with Crippen LogP contribution in [0.15, 0.2) is 17.1 Å². The molecule has 0 spiro atoms. The first-order chi connectivity index (χ1) is 11.9. The fourth-order valence-corrected chi connectivity index (χ4v) is 3.48. The normalized spacial score (nSPS) is 14.2. The smallest absolute Gasteiger partial charge is 0.0990 e. The van der Waals surface area contributed by atoms with E-state index in [4.69, 9.17) is 0 Å². The number of nitrogens with zero attached hydrogens (tertiary/aromatic N) is 2. The van der Waals surface area contributed by atoms with Crippen LogP contribution in [0.25, 0.3) is 0 Å². The predicted octanol–water partition coefficient (Wildman–Crippen LogP) is 6.92. The van der Waals surface area contributed by atoms with Crippen molar-refractivity contribution in [1.29, 1.82) is 0 Å². The molecule has 0 amide bonds. The highest BCUT2D eigenvalue weighted by Crippen LogP contribution is 2.12. The zero-order valence-electron chi connectivity index (χ0n) is 17.3. The summed E-state index contributed by atoms with van der Waals surface area (Å²) in [4.78, 5) is 6.95. The molecule has 0 fully saturated rings. The second kappa shape index (κ2) is 18.0. The summed E-state index contributed by atoms with van der Waals surface area (Å²) in [5.74, 6) is 1.30. The fourth-order valence-electron chi connectivity index (χ4n) is 3.48. The quantitative estimate of drug-likeness (QED) is 0.242. The first-order valence-electron chi connectivity index (χ1n) is 10.8. The van der Waals surface area contributed by atoms with Crippen LogP contribution in [0.2, 0.25) is 0 Å². The second-order valence-corrected chi connectivity index (χ2v) is 7.25. The van der Waals surface area contributed by atoms with Crippen LogP contribution in [0, 0.1) is 0 Å². The van der Waals surface area contributed by atoms with E-state index in [1.165, 1.54) is 89.3 Å². The summed E-state index contributed by atoms with van der Waals surface area (Å²) in [6, 6.07) is 0. The molecular formula is C22H45N3. The SMILES string of the molecule is CCCCCCCCCCCCCCC=CCN1CCN=C1CC.N. The van der Waals surface area contributed by atoms with Crippen LogP contribution in [0.4, 0.5) is 0 Å². The lowest BCUT2D eigenvalue weighted by Crippen LogP contribution is -2.27. The number of amidine groups is 1. The van der Waals surface area contributed by atoms with E-state index in [0.717, 1.165) is 26.1 Å². The Morgan fingerprint density at radius 1 is 0.800 bits per heavy atom. The van der Waals surface area contributed by atoms with E-state index in [9.17, 15) is 0 Å². The summed E-state index contributed by atoms with van der Waals surface area (Å²) in [7, 11) is 0. The van der Waals surface area contributed by atoms with Crippen LogP contribution in [0.3, 0.4) is 0 Å². The van der Waals surface area contributed by atoms with Crippen molar-refractivity contribution in [3.63, 3.8) is 0 Å². The van der Waals surface area contributed by atoms with Crippen molar-refractivity contribution >= 4 is 5.84 Å². The van der Waals surface area contributed by atoms with Crippen molar-refractivity contribution in [3.8, 4) is 0 Å². The molecule has 0 aromatic carbocycles. The van der Waals surface area contributed by atoms with Gasteiger partial charge in [0.15, 0.2) is 0 Å². The molecule has 0 aromatic heterocycles. The van der Waals surface area contributed by atoms with Gasteiger partial charge in [0.25, 0.3) is 0 Å². The van der Waals surface area contributed by atoms with E-state index < -0.39 is 0 Å². The lowest BCUT2D eigenvalue weighted by atomic mass is 10.0. The van der Waals surface area contributed by atoms with Crippen LogP contribution >= 0.6 is 0 Å². The van der Waals surface area contributed by atoms with Gasteiger partial charge in [-0.3, -0.25) is 4.99 Å². The van der Waals surface area contributed by atoms with Gasteiger partial charge >= 0.3 is 0 Å². The summed E-state index contributed by atoms with van der Waals surface area (Å²) >= 11 is 0. The maximum atomic E-state index is 4.53. The molecule has 3 heteroatoms. The molecule has 148 valence electrons. The van der Waals surface area contributed by atoms with Crippen LogP contribution in [0.5, 0.6) is 0 Å². The van der Waals surface area contributed by atoms with Gasteiger partial charge in [-0.2, -0.15) is 0 Å². The van der Waals surface area contributed by atoms with Gasteiger partial charge in [-0.1, -0.05) is 96.6 Å². The largest absolute Gasteiger partial charge is 0.355 e. The number of hydrogen-bond donors (Lipinski definition) is 1. The van der Waals surface area contributed by atoms with Gasteiger partial charge in [0.1, 0.15) is 0 Å². The number of allylic oxidation sites excluding steroid dienone is 1. The summed E-state index contributed by atoms with van der Waals surface area (Å²) < 4.78 is 0. The van der Waals surface area contributed by atoms with E-state index in [2.05, 4.69) is 35.9 Å². The lowest BCUT2D eigenvalue weighted by molar-refractivity contribution is 0.498. The molecular weight excluding hydrogens is 306 g/mol. The first kappa shape index (κ1) is 24.2. The van der Waals surface area contributed by atoms with Gasteiger partial charge < -0.3 is 11.1 Å². The molecule has 0 atom stereocenters. The van der Waals surface area contributed by atoms with E-state index in [-0.39, 0.29) is 6.15 Å². The Morgan fingerprint density at radius 3 is 1.92 bits per heavy atom. The molecule has 25 heavy (non-hydrogen) atoms. The van der Waals surface area contributed by atoms with Crippen molar-refractivity contribution in [3.05, 3.63) is 12.2 Å². The molecule has 0 aromatic rings. The van der Waals surface area contributed by atoms with Gasteiger partial charge in [0, 0.05) is 19.5 Å². The van der Waals surface area contributed by atoms with Crippen molar-refractivity contribution in [2.24, 2.45) is 4.99 Å². The Hall–Kier alpha value is -0.830. The third-order valence-corrected chi connectivity index (χ3v) is 5.06. The number of unbranched alkanes of at least 4 members (excludes halogenated alkanes) is 12. The molecule has 0 saturated heterocycles. The van der Waals surface area contributed by atoms with E-state index in [0.29, 0.717) is 0 Å². The Balaban J connectivity index is 0.00000576. The Kier molecular flexibility index (Phi) is 17.4. The lowest BCUT2D eigenvalue weighted by Gasteiger charge is -2.16. The molecule has 0 radical (unpaired) electrons. The average molecular weight is 352 g/mol. The third-order valence-electron chi connectivity index (χ3n) is 5.06. The van der Waals surface area contributed by atoms with Crippen molar-refractivity contribution < 1.29 is 0 Å². The molecule has 1 rings (SSSR count). The minimum Gasteiger partial charge on any atom is -0.355 e. The average Bonchev–Trinajstić information content (AvgIpc) is 3.06. The van der Waals surface area contributed by atoms with Crippen LogP contribution in [0.1, 0.15) is 104 Å². The second-order valence-electron chi connectivity index (χ2n) is 7.25. The van der Waals surface area contributed by atoms with Crippen molar-refractivity contribution in [1.82, 2.24) is 11.1 Å². The Morgan fingerprint density at radius 2 is 1.36 bits per heavy atom. The predicted molar refractivity (Wildman–Crippen MR) is 114 cm³/mol. The molecule has 1 heterocycles. The minimum absolute atomic E-state index is 0. The van der Waals surface area contributed by atoms with Gasteiger partial charge in [-0.25, -0.2) is 0 Å². The molecule has 1 aliphatic heterocycles. The number of aliphatic imine (C=N–C) groups is 1. The molecule has 0 unspecified atom stereocenters. The van der Waals surface area contributed by atoms with Crippen LogP contribution in [-0.4, -0.2) is 30.4 Å². The van der Waals surface area contributed by atoms with Crippen molar-refractivity contribution in [2.45, 2.75) is 104 Å². The van der Waals surface area contributed by atoms with E-state index in [1.54, 1.807) is 0 Å². The number of rotatable bonds is 16. The first-order valence-corrected chi connectivity index (χ1v) is 10.8. The summed E-state index contributed by atoms with van der Waals surface area (Å²) in [6.45, 7) is 7.67. The topological polar surface area (TPSA) is 50.6 Å². The standard InChI is InChI=1S/C22H42N2.H3N/c1-3-5-6-7-8-9-10-11-12-13-14-15-16-17-18-20-24-21-19-23-22(24)4-2;/h17-18H,3-16,19-21H2,1-2H3;1H3. The van der Waals surface area contributed by atoms with Crippen LogP contribution < -0.4 is 6.15 Å². The highest BCUT2D eigenvalue weighted by atomic mass is 15.2. The number of hydrogen-bond acceptors (Lipinski definition) is 3. The molecule has 0 bridgehead atoms. The Labute approximate surface area is 157 Å². The molecule has 0 aliphatic carbocycles. The maximum Gasteiger partial charge on any atom is 0.0990 e. The zero-order chi connectivity index (χ0) is 17.3. The summed E-state index contributed by atoms with van der Waals surface area (Å²) in [5, 5.41) is 0.